The van der Waals surface area contributed by atoms with Crippen molar-refractivity contribution in [1.29, 1.82) is 0 Å². The monoisotopic (exact) mass is 305 g/mol. The van der Waals surface area contributed by atoms with E-state index in [2.05, 4.69) is 26.3 Å². The third-order valence-electron chi connectivity index (χ3n) is 2.32. The molecule has 2 rings (SSSR count). The molecule has 1 aromatic heterocycles. The van der Waals surface area contributed by atoms with Crippen LogP contribution in [-0.2, 0) is 7.05 Å². The molecule has 0 saturated heterocycles. The van der Waals surface area contributed by atoms with Crippen molar-refractivity contribution in [3.63, 3.8) is 0 Å². The van der Waals surface area contributed by atoms with Crippen LogP contribution in [0.15, 0.2) is 10.5 Å². The van der Waals surface area contributed by atoms with Crippen molar-refractivity contribution in [2.75, 3.05) is 11.9 Å². The predicted octanol–water partition coefficient (Wildman–Crippen LogP) is 3.56. The first kappa shape index (κ1) is 11.7. The van der Waals surface area contributed by atoms with Gasteiger partial charge in [-0.15, -0.1) is 0 Å². The van der Waals surface area contributed by atoms with Crippen LogP contribution in [0.2, 0.25) is 5.02 Å². The van der Waals surface area contributed by atoms with Gasteiger partial charge < -0.3 is 5.32 Å². The fourth-order valence-electron chi connectivity index (χ4n) is 1.61. The average Bonchev–Trinajstić information content (AvgIpc) is 2.53. The normalized spacial score (nSPS) is 11.1. The number of anilines is 1. The van der Waals surface area contributed by atoms with Crippen molar-refractivity contribution >= 4 is 44.3 Å². The molecule has 0 radical (unpaired) electrons. The molecule has 0 aliphatic rings. The van der Waals surface area contributed by atoms with Crippen LogP contribution in [0.1, 0.15) is 6.92 Å². The molecule has 0 spiro atoms. The molecule has 16 heavy (non-hydrogen) atoms. The van der Waals surface area contributed by atoms with Gasteiger partial charge in [0.25, 0.3) is 0 Å². The van der Waals surface area contributed by atoms with Crippen molar-refractivity contribution in [2.24, 2.45) is 7.05 Å². The Morgan fingerprint density at radius 2 is 2.31 bits per heavy atom. The zero-order valence-corrected chi connectivity index (χ0v) is 11.2. The van der Waals surface area contributed by atoms with E-state index in [0.717, 1.165) is 12.1 Å². The highest BCUT2D eigenvalue weighted by molar-refractivity contribution is 9.10. The Hall–Kier alpha value is -0.810. The summed E-state index contributed by atoms with van der Waals surface area (Å²) < 4.78 is 15.7. The number of aromatic nitrogens is 2. The highest BCUT2D eigenvalue weighted by Gasteiger charge is 2.17. The van der Waals surface area contributed by atoms with Gasteiger partial charge in [-0.1, -0.05) is 11.6 Å². The highest BCUT2D eigenvalue weighted by atomic mass is 79.9. The smallest absolute Gasteiger partial charge is 0.157 e. The number of halogens is 3. The summed E-state index contributed by atoms with van der Waals surface area (Å²) in [5, 5.41) is 8.16. The van der Waals surface area contributed by atoms with Gasteiger partial charge in [-0.25, -0.2) is 4.39 Å². The number of nitrogens with zero attached hydrogens (tertiary/aromatic N) is 2. The second kappa shape index (κ2) is 4.22. The lowest BCUT2D eigenvalue weighted by Gasteiger charge is -2.02. The first-order valence-corrected chi connectivity index (χ1v) is 5.97. The second-order valence-corrected chi connectivity index (χ2v) is 4.58. The fraction of sp³-hybridized carbons (Fsp3) is 0.300. The Morgan fingerprint density at radius 1 is 1.62 bits per heavy atom. The molecular formula is C10H10BrClFN3. The van der Waals surface area contributed by atoms with E-state index in [-0.39, 0.29) is 5.02 Å². The van der Waals surface area contributed by atoms with E-state index in [1.54, 1.807) is 17.8 Å². The molecule has 0 bridgehead atoms. The number of benzene rings is 1. The van der Waals surface area contributed by atoms with Crippen LogP contribution in [0.3, 0.4) is 0 Å². The fourth-order valence-corrected chi connectivity index (χ4v) is 2.52. The Balaban J connectivity index is 2.82. The first-order chi connectivity index (χ1) is 7.56. The maximum atomic E-state index is 13.6. The molecular weight excluding hydrogens is 296 g/mol. The van der Waals surface area contributed by atoms with Gasteiger partial charge in [-0.2, -0.15) is 5.10 Å². The Bertz CT molecular complexity index is 553. The maximum absolute atomic E-state index is 13.6. The first-order valence-electron chi connectivity index (χ1n) is 4.80. The summed E-state index contributed by atoms with van der Waals surface area (Å²) in [5.74, 6) is 0.198. The van der Waals surface area contributed by atoms with E-state index in [4.69, 9.17) is 11.6 Å². The van der Waals surface area contributed by atoms with E-state index in [1.165, 1.54) is 0 Å². The van der Waals surface area contributed by atoms with Crippen LogP contribution in [0.4, 0.5) is 10.2 Å². The Morgan fingerprint density at radius 3 is 2.94 bits per heavy atom. The lowest BCUT2D eigenvalue weighted by molar-refractivity contribution is 0.623. The standard InChI is InChI=1S/C10H10BrClFN3/c1-3-14-10-7-6(16(2)15-10)4-5(12)9(13)8(7)11/h4H,3H2,1-2H3,(H,14,15). The third kappa shape index (κ3) is 1.68. The summed E-state index contributed by atoms with van der Waals surface area (Å²) in [6, 6.07) is 1.57. The van der Waals surface area contributed by atoms with Gasteiger partial charge in [0, 0.05) is 13.6 Å². The van der Waals surface area contributed by atoms with E-state index in [1.807, 2.05) is 6.92 Å². The SMILES string of the molecule is CCNc1nn(C)c2cc(Cl)c(F)c(Br)c12. The Labute approximate surface area is 106 Å². The lowest BCUT2D eigenvalue weighted by Crippen LogP contribution is -1.98. The molecule has 2 aromatic rings. The molecule has 0 aliphatic heterocycles. The average molecular weight is 307 g/mol. The van der Waals surface area contributed by atoms with Crippen molar-refractivity contribution in [3.8, 4) is 0 Å². The third-order valence-corrected chi connectivity index (χ3v) is 3.34. The number of fused-ring (bicyclic) bond motifs is 1. The number of hydrogen-bond donors (Lipinski definition) is 1. The zero-order chi connectivity index (χ0) is 11.9. The summed E-state index contributed by atoms with van der Waals surface area (Å²) >= 11 is 9.00. The molecule has 6 heteroatoms. The molecule has 1 heterocycles. The maximum Gasteiger partial charge on any atom is 0.157 e. The van der Waals surface area contributed by atoms with Crippen LogP contribution < -0.4 is 5.32 Å². The lowest BCUT2D eigenvalue weighted by atomic mass is 10.2. The van der Waals surface area contributed by atoms with Crippen LogP contribution in [0.25, 0.3) is 10.9 Å². The summed E-state index contributed by atoms with van der Waals surface area (Å²) in [7, 11) is 1.80. The molecule has 3 nitrogen and oxygen atoms in total. The minimum atomic E-state index is -0.457. The molecule has 0 fully saturated rings. The van der Waals surface area contributed by atoms with Crippen LogP contribution in [0.5, 0.6) is 0 Å². The summed E-state index contributed by atoms with van der Waals surface area (Å²) in [6.07, 6.45) is 0. The van der Waals surface area contributed by atoms with Gasteiger partial charge >= 0.3 is 0 Å². The molecule has 0 aliphatic carbocycles. The number of hydrogen-bond acceptors (Lipinski definition) is 2. The molecule has 0 saturated carbocycles. The van der Waals surface area contributed by atoms with Gasteiger partial charge in [-0.3, -0.25) is 4.68 Å². The van der Waals surface area contributed by atoms with Gasteiger partial charge in [0.2, 0.25) is 0 Å². The van der Waals surface area contributed by atoms with Gasteiger partial charge in [0.15, 0.2) is 11.6 Å². The number of nitrogens with one attached hydrogen (secondary N) is 1. The quantitative estimate of drug-likeness (QED) is 0.860. The Kier molecular flexibility index (Phi) is 3.08. The molecule has 86 valence electrons. The van der Waals surface area contributed by atoms with Crippen molar-refractivity contribution in [3.05, 3.63) is 21.4 Å². The summed E-state index contributed by atoms with van der Waals surface area (Å²) in [5.41, 5.74) is 0.786. The molecule has 0 amide bonds. The molecule has 0 unspecified atom stereocenters. The van der Waals surface area contributed by atoms with Crippen molar-refractivity contribution in [2.45, 2.75) is 6.92 Å². The number of rotatable bonds is 2. The van der Waals surface area contributed by atoms with E-state index in [0.29, 0.717) is 15.7 Å². The minimum Gasteiger partial charge on any atom is -0.368 e. The van der Waals surface area contributed by atoms with Crippen LogP contribution >= 0.6 is 27.5 Å². The van der Waals surface area contributed by atoms with Gasteiger partial charge in [0.05, 0.1) is 20.4 Å². The van der Waals surface area contributed by atoms with Crippen molar-refractivity contribution < 1.29 is 4.39 Å². The molecule has 1 aromatic carbocycles. The van der Waals surface area contributed by atoms with Crippen LogP contribution in [-0.4, -0.2) is 16.3 Å². The molecule has 1 N–H and O–H groups in total. The second-order valence-electron chi connectivity index (χ2n) is 3.38. The summed E-state index contributed by atoms with van der Waals surface area (Å²) in [4.78, 5) is 0. The van der Waals surface area contributed by atoms with Crippen LogP contribution in [0, 0.1) is 5.82 Å². The largest absolute Gasteiger partial charge is 0.368 e. The van der Waals surface area contributed by atoms with Gasteiger partial charge in [0.1, 0.15) is 0 Å². The van der Waals surface area contributed by atoms with E-state index in [9.17, 15) is 4.39 Å². The predicted molar refractivity (Wildman–Crippen MR) is 67.5 cm³/mol. The number of aryl methyl sites for hydroxylation is 1. The van der Waals surface area contributed by atoms with Crippen molar-refractivity contribution in [1.82, 2.24) is 9.78 Å². The zero-order valence-electron chi connectivity index (χ0n) is 8.81. The topological polar surface area (TPSA) is 29.9 Å². The molecule has 0 atom stereocenters. The van der Waals surface area contributed by atoms with E-state index >= 15 is 0 Å². The van der Waals surface area contributed by atoms with E-state index < -0.39 is 5.82 Å². The highest BCUT2D eigenvalue weighted by Crippen LogP contribution is 2.35. The minimum absolute atomic E-state index is 0.0884. The summed E-state index contributed by atoms with van der Waals surface area (Å²) in [6.45, 7) is 2.68. The van der Waals surface area contributed by atoms with Gasteiger partial charge in [-0.05, 0) is 28.9 Å².